The van der Waals surface area contributed by atoms with Crippen molar-refractivity contribution in [2.75, 3.05) is 16.8 Å². The molecule has 0 saturated heterocycles. The van der Waals surface area contributed by atoms with Crippen molar-refractivity contribution in [3.05, 3.63) is 29.6 Å². The Balaban J connectivity index is 1.94. The Labute approximate surface area is 131 Å². The van der Waals surface area contributed by atoms with E-state index in [4.69, 9.17) is 0 Å². The first kappa shape index (κ1) is 14.7. The molecular formula is C16H17BrFNO2. The van der Waals surface area contributed by atoms with E-state index in [1.807, 2.05) is 0 Å². The van der Waals surface area contributed by atoms with Gasteiger partial charge in [0.25, 0.3) is 11.7 Å². The number of nitrogens with zero attached hydrogens (tertiary/aromatic N) is 1. The second-order valence-corrected chi connectivity index (χ2v) is 6.64. The maximum atomic E-state index is 13.5. The van der Waals surface area contributed by atoms with E-state index >= 15 is 0 Å². The van der Waals surface area contributed by atoms with Crippen LogP contribution in [-0.4, -0.2) is 23.6 Å². The van der Waals surface area contributed by atoms with Crippen molar-refractivity contribution in [1.29, 1.82) is 0 Å². The number of halogens is 2. The summed E-state index contributed by atoms with van der Waals surface area (Å²) in [6, 6.07) is 3.93. The topological polar surface area (TPSA) is 37.4 Å². The second kappa shape index (κ2) is 5.52. The van der Waals surface area contributed by atoms with Crippen molar-refractivity contribution >= 4 is 33.3 Å². The third kappa shape index (κ3) is 2.52. The Morgan fingerprint density at radius 1 is 1.19 bits per heavy atom. The molecule has 1 saturated carbocycles. The molecule has 0 N–H and O–H groups in total. The molecule has 21 heavy (non-hydrogen) atoms. The minimum absolute atomic E-state index is 0.0118. The van der Waals surface area contributed by atoms with Crippen molar-refractivity contribution in [1.82, 2.24) is 0 Å². The molecule has 2 aliphatic rings. The molecule has 0 bridgehead atoms. The van der Waals surface area contributed by atoms with Crippen LogP contribution in [0.15, 0.2) is 18.2 Å². The number of Topliss-reactive ketones (excluding diaryl/α,β-unsaturated/α-hetero) is 1. The number of carbonyl (C=O) groups excluding carboxylic acids is 2. The van der Waals surface area contributed by atoms with Gasteiger partial charge in [-0.05, 0) is 36.5 Å². The fourth-order valence-electron chi connectivity index (χ4n) is 3.40. The summed E-state index contributed by atoms with van der Waals surface area (Å²) in [6.07, 6.45) is 5.55. The summed E-state index contributed by atoms with van der Waals surface area (Å²) in [4.78, 5) is 25.8. The van der Waals surface area contributed by atoms with Gasteiger partial charge < -0.3 is 4.90 Å². The van der Waals surface area contributed by atoms with Gasteiger partial charge in [0, 0.05) is 11.9 Å². The Kier molecular flexibility index (Phi) is 3.86. The van der Waals surface area contributed by atoms with Crippen LogP contribution in [0.3, 0.4) is 0 Å². The van der Waals surface area contributed by atoms with E-state index in [1.54, 1.807) is 0 Å². The first-order valence-corrected chi connectivity index (χ1v) is 8.40. The van der Waals surface area contributed by atoms with Gasteiger partial charge in [-0.1, -0.05) is 35.2 Å². The molecule has 1 amide bonds. The van der Waals surface area contributed by atoms with E-state index in [0.29, 0.717) is 17.8 Å². The second-order valence-electron chi connectivity index (χ2n) is 6.08. The average Bonchev–Trinajstić information content (AvgIpc) is 2.73. The number of anilines is 1. The number of fused-ring (bicyclic) bond motifs is 1. The number of hydrogen-bond donors (Lipinski definition) is 0. The fraction of sp³-hybridized carbons (Fsp3) is 0.500. The van der Waals surface area contributed by atoms with Gasteiger partial charge in [0.05, 0.1) is 11.3 Å². The van der Waals surface area contributed by atoms with Gasteiger partial charge in [-0.2, -0.15) is 0 Å². The minimum Gasteiger partial charge on any atom is -0.304 e. The summed E-state index contributed by atoms with van der Waals surface area (Å²) in [5.74, 6) is -1.47. The molecule has 5 heteroatoms. The van der Waals surface area contributed by atoms with Crippen LogP contribution in [0.2, 0.25) is 0 Å². The van der Waals surface area contributed by atoms with Gasteiger partial charge in [0.15, 0.2) is 0 Å². The Bertz CT molecular complexity index is 596. The Morgan fingerprint density at radius 3 is 2.57 bits per heavy atom. The third-order valence-corrected chi connectivity index (χ3v) is 5.82. The van der Waals surface area contributed by atoms with Crippen LogP contribution in [0.25, 0.3) is 0 Å². The maximum absolute atomic E-state index is 13.5. The number of alkyl halides is 1. The normalized spacial score (nSPS) is 20.8. The number of ketones is 1. The highest BCUT2D eigenvalue weighted by Crippen LogP contribution is 2.41. The fourth-order valence-corrected chi connectivity index (χ4v) is 4.13. The lowest BCUT2D eigenvalue weighted by molar-refractivity contribution is -0.114. The number of rotatable bonds is 3. The summed E-state index contributed by atoms with van der Waals surface area (Å²) in [6.45, 7) is 0.485. The highest BCUT2D eigenvalue weighted by molar-refractivity contribution is 9.09. The molecule has 3 nitrogen and oxygen atoms in total. The zero-order valence-corrected chi connectivity index (χ0v) is 13.3. The van der Waals surface area contributed by atoms with Gasteiger partial charge in [-0.25, -0.2) is 4.39 Å². The lowest BCUT2D eigenvalue weighted by Gasteiger charge is -2.38. The smallest absolute Gasteiger partial charge is 0.299 e. The molecular weight excluding hydrogens is 337 g/mol. The van der Waals surface area contributed by atoms with Crippen molar-refractivity contribution in [3.63, 3.8) is 0 Å². The summed E-state index contributed by atoms with van der Waals surface area (Å²) >= 11 is 3.57. The zero-order chi connectivity index (χ0) is 15.0. The molecule has 0 radical (unpaired) electrons. The largest absolute Gasteiger partial charge is 0.304 e. The van der Waals surface area contributed by atoms with Gasteiger partial charge in [-0.15, -0.1) is 0 Å². The van der Waals surface area contributed by atoms with Crippen LogP contribution in [0.5, 0.6) is 0 Å². The Hall–Kier alpha value is -1.23. The third-order valence-electron chi connectivity index (χ3n) is 4.63. The molecule has 1 aliphatic carbocycles. The van der Waals surface area contributed by atoms with Gasteiger partial charge in [0.2, 0.25) is 0 Å². The summed E-state index contributed by atoms with van der Waals surface area (Å²) in [7, 11) is 0. The van der Waals surface area contributed by atoms with Crippen molar-refractivity contribution in [2.24, 2.45) is 5.41 Å². The predicted molar refractivity (Wildman–Crippen MR) is 82.4 cm³/mol. The van der Waals surface area contributed by atoms with Crippen molar-refractivity contribution in [2.45, 2.75) is 32.1 Å². The minimum atomic E-state index is -0.526. The average molecular weight is 354 g/mol. The predicted octanol–water partition coefficient (Wildman–Crippen LogP) is 3.70. The van der Waals surface area contributed by atoms with Crippen LogP contribution >= 0.6 is 15.9 Å². The summed E-state index contributed by atoms with van der Waals surface area (Å²) < 4.78 is 13.5. The highest BCUT2D eigenvalue weighted by Gasteiger charge is 2.41. The SMILES string of the molecule is O=C1C(=O)N(CC2(CBr)CCCCC2)c2cc(F)ccc21. The molecule has 1 heterocycles. The monoisotopic (exact) mass is 353 g/mol. The number of benzene rings is 1. The number of carbonyl (C=O) groups is 2. The van der Waals surface area contributed by atoms with Gasteiger partial charge in [0.1, 0.15) is 5.82 Å². The molecule has 1 fully saturated rings. The van der Waals surface area contributed by atoms with Crippen LogP contribution in [-0.2, 0) is 4.79 Å². The summed E-state index contributed by atoms with van der Waals surface area (Å²) in [5.41, 5.74) is 0.736. The van der Waals surface area contributed by atoms with Crippen LogP contribution in [0.1, 0.15) is 42.5 Å². The summed E-state index contributed by atoms with van der Waals surface area (Å²) in [5, 5.41) is 0.794. The van der Waals surface area contributed by atoms with E-state index in [2.05, 4.69) is 15.9 Å². The first-order chi connectivity index (χ1) is 10.1. The molecule has 0 aromatic heterocycles. The van der Waals surface area contributed by atoms with Gasteiger partial charge >= 0.3 is 0 Å². The van der Waals surface area contributed by atoms with E-state index < -0.39 is 17.5 Å². The van der Waals surface area contributed by atoms with E-state index in [1.165, 1.54) is 29.5 Å². The quantitative estimate of drug-likeness (QED) is 0.613. The van der Waals surface area contributed by atoms with E-state index in [0.717, 1.165) is 31.0 Å². The van der Waals surface area contributed by atoms with Crippen LogP contribution < -0.4 is 4.90 Å². The molecule has 1 aromatic carbocycles. The molecule has 1 aliphatic heterocycles. The molecule has 112 valence electrons. The molecule has 0 unspecified atom stereocenters. The number of amides is 1. The van der Waals surface area contributed by atoms with Crippen LogP contribution in [0.4, 0.5) is 10.1 Å². The maximum Gasteiger partial charge on any atom is 0.299 e. The molecule has 1 aromatic rings. The van der Waals surface area contributed by atoms with E-state index in [9.17, 15) is 14.0 Å². The molecule has 0 spiro atoms. The standard InChI is InChI=1S/C16H17BrFNO2/c17-9-16(6-2-1-3-7-16)10-19-13-8-11(18)4-5-12(13)14(20)15(19)21/h4-5,8H,1-3,6-7,9-10H2. The van der Waals surface area contributed by atoms with Crippen LogP contribution in [0, 0.1) is 11.2 Å². The van der Waals surface area contributed by atoms with E-state index in [-0.39, 0.29) is 5.41 Å². The highest BCUT2D eigenvalue weighted by atomic mass is 79.9. The molecule has 3 rings (SSSR count). The first-order valence-electron chi connectivity index (χ1n) is 7.28. The Morgan fingerprint density at radius 2 is 1.90 bits per heavy atom. The lowest BCUT2D eigenvalue weighted by Crippen LogP contribution is -2.43. The number of hydrogen-bond acceptors (Lipinski definition) is 2. The molecule has 0 atom stereocenters. The van der Waals surface area contributed by atoms with Crippen molar-refractivity contribution in [3.8, 4) is 0 Å². The zero-order valence-electron chi connectivity index (χ0n) is 11.7. The van der Waals surface area contributed by atoms with Crippen molar-refractivity contribution < 1.29 is 14.0 Å². The van der Waals surface area contributed by atoms with Gasteiger partial charge in [-0.3, -0.25) is 9.59 Å². The lowest BCUT2D eigenvalue weighted by atomic mass is 9.75.